The summed E-state index contributed by atoms with van der Waals surface area (Å²) in [5, 5.41) is 8.96. The zero-order valence-electron chi connectivity index (χ0n) is 26.6. The van der Waals surface area contributed by atoms with Crippen molar-refractivity contribution >= 4 is 45.3 Å². The highest BCUT2D eigenvalue weighted by Crippen LogP contribution is 2.59. The summed E-state index contributed by atoms with van der Waals surface area (Å²) in [5.41, 5.74) is 18.4. The maximum Gasteiger partial charge on any atom is 0.0386 e. The lowest BCUT2D eigenvalue weighted by Crippen LogP contribution is -2.16. The summed E-state index contributed by atoms with van der Waals surface area (Å²) in [5.74, 6) is 0. The second-order valence-corrected chi connectivity index (χ2v) is 18.7. The van der Waals surface area contributed by atoms with Crippen LogP contribution in [0.2, 0.25) is 0 Å². The van der Waals surface area contributed by atoms with E-state index in [1.165, 1.54) is 86.3 Å². The van der Waals surface area contributed by atoms with Crippen LogP contribution in [-0.4, -0.2) is 0 Å². The molecule has 0 fully saturated rings. The summed E-state index contributed by atoms with van der Waals surface area (Å²) in [7, 11) is 0. The van der Waals surface area contributed by atoms with Gasteiger partial charge in [0.15, 0.2) is 0 Å². The average molecular weight is 645 g/mol. The minimum atomic E-state index is 0.129. The first-order chi connectivity index (χ1) is 20.8. The molecule has 0 saturated carbocycles. The first-order valence-corrected chi connectivity index (χ1v) is 19.1. The molecule has 0 bridgehead atoms. The molecule has 0 atom stereocenters. The first kappa shape index (κ1) is 27.5. The highest BCUT2D eigenvalue weighted by atomic mass is 32.1. The molecule has 0 unspecified atom stereocenters. The summed E-state index contributed by atoms with van der Waals surface area (Å²) >= 11 is 7.56. The van der Waals surface area contributed by atoms with Crippen molar-refractivity contribution in [2.45, 2.75) is 77.0 Å². The Balaban J connectivity index is 0.000000123. The Hall–Kier alpha value is -2.76. The third-order valence-electron chi connectivity index (χ3n) is 11.3. The molecule has 0 amide bonds. The summed E-state index contributed by atoms with van der Waals surface area (Å²) in [6.45, 7) is 18.9. The maximum absolute atomic E-state index is 2.49. The molecule has 4 aliphatic carbocycles. The Morgan fingerprint density at radius 2 is 0.523 bits per heavy atom. The van der Waals surface area contributed by atoms with E-state index in [0.717, 1.165) is 0 Å². The van der Waals surface area contributed by atoms with E-state index in [-0.39, 0.29) is 21.7 Å². The first-order valence-electron chi connectivity index (χ1n) is 15.6. The van der Waals surface area contributed by atoms with Crippen LogP contribution in [0.5, 0.6) is 0 Å². The van der Waals surface area contributed by atoms with Gasteiger partial charge in [-0.25, -0.2) is 0 Å². The van der Waals surface area contributed by atoms with Crippen LogP contribution in [0.3, 0.4) is 0 Å². The topological polar surface area (TPSA) is 0 Å². The van der Waals surface area contributed by atoms with Crippen LogP contribution in [-0.2, 0) is 21.7 Å². The van der Waals surface area contributed by atoms with Gasteiger partial charge < -0.3 is 0 Å². The van der Waals surface area contributed by atoms with Crippen LogP contribution in [0.4, 0.5) is 0 Å². The van der Waals surface area contributed by atoms with Crippen LogP contribution in [0.25, 0.3) is 41.8 Å². The third-order valence-corrected chi connectivity index (χ3v) is 15.1. The standard InChI is InChI=1S/2C20H18S2/c2*1-19(2)13-5-7-21-17(13)11-10-16-12(9-15(11)19)18-14(6-8-22-18)20(16,3)4/h2*5-10H,1-4H3. The predicted octanol–water partition coefficient (Wildman–Crippen LogP) is 12.8. The van der Waals surface area contributed by atoms with Crippen molar-refractivity contribution < 1.29 is 0 Å². The Morgan fingerprint density at radius 3 is 0.727 bits per heavy atom. The normalized spacial score (nSPS) is 18.7. The van der Waals surface area contributed by atoms with Crippen molar-refractivity contribution in [3.05, 3.63) is 115 Å². The molecular weight excluding hydrogens is 609 g/mol. The number of rotatable bonds is 0. The molecule has 220 valence electrons. The van der Waals surface area contributed by atoms with E-state index in [1.807, 2.05) is 45.3 Å². The van der Waals surface area contributed by atoms with Gasteiger partial charge in [-0.15, -0.1) is 45.3 Å². The minimum absolute atomic E-state index is 0.129. The average Bonchev–Trinajstić information content (AvgIpc) is 3.83. The fourth-order valence-corrected chi connectivity index (χ4v) is 13.0. The van der Waals surface area contributed by atoms with E-state index >= 15 is 0 Å². The summed E-state index contributed by atoms with van der Waals surface area (Å²) in [4.78, 5) is 5.92. The zero-order chi connectivity index (χ0) is 30.6. The number of fused-ring (bicyclic) bond motifs is 12. The molecule has 2 aromatic carbocycles. The molecule has 0 spiro atoms. The number of thiophene rings is 4. The van der Waals surface area contributed by atoms with Crippen LogP contribution in [0, 0.1) is 0 Å². The minimum Gasteiger partial charge on any atom is -0.143 e. The van der Waals surface area contributed by atoms with E-state index in [1.54, 1.807) is 0 Å². The molecule has 10 rings (SSSR count). The predicted molar refractivity (Wildman–Crippen MR) is 195 cm³/mol. The van der Waals surface area contributed by atoms with Gasteiger partial charge in [-0.05, 0) is 137 Å². The molecule has 6 aromatic rings. The van der Waals surface area contributed by atoms with Crippen molar-refractivity contribution in [1.29, 1.82) is 0 Å². The quantitative estimate of drug-likeness (QED) is 0.154. The summed E-state index contributed by atoms with van der Waals surface area (Å²) in [6.07, 6.45) is 0. The molecule has 4 heterocycles. The van der Waals surface area contributed by atoms with Crippen LogP contribution in [0.1, 0.15) is 99.9 Å². The number of hydrogen-bond donors (Lipinski definition) is 0. The summed E-state index contributed by atoms with van der Waals surface area (Å²) < 4.78 is 0. The molecular formula is C40H36S4. The number of hydrogen-bond acceptors (Lipinski definition) is 4. The fraction of sp³-hybridized carbons (Fsp3) is 0.300. The second-order valence-electron chi connectivity index (χ2n) is 15.0. The maximum atomic E-state index is 2.49. The fourth-order valence-electron chi connectivity index (χ4n) is 8.64. The Morgan fingerprint density at radius 1 is 0.318 bits per heavy atom. The second kappa shape index (κ2) is 8.53. The lowest BCUT2D eigenvalue weighted by Gasteiger charge is -2.24. The van der Waals surface area contributed by atoms with Gasteiger partial charge in [0.1, 0.15) is 0 Å². The van der Waals surface area contributed by atoms with Crippen molar-refractivity contribution in [3.8, 4) is 41.8 Å². The van der Waals surface area contributed by atoms with Gasteiger partial charge in [-0.3, -0.25) is 0 Å². The Kier molecular flexibility index (Phi) is 5.34. The molecule has 0 nitrogen and oxygen atoms in total. The Bertz CT molecular complexity index is 1870. The van der Waals surface area contributed by atoms with E-state index < -0.39 is 0 Å². The SMILES string of the molecule is CC1(C)c2cc3c(cc2-c2sccc21)C(C)(C)c1ccsc1-3.CC1(C)c2cc3c(cc2-c2sccc21)C(C)(C)c1ccsc1-3. The lowest BCUT2D eigenvalue weighted by molar-refractivity contribution is 0.653. The van der Waals surface area contributed by atoms with Gasteiger partial charge in [0.05, 0.1) is 0 Å². The van der Waals surface area contributed by atoms with Gasteiger partial charge in [-0.2, -0.15) is 0 Å². The molecule has 0 radical (unpaired) electrons. The van der Waals surface area contributed by atoms with E-state index in [2.05, 4.69) is 125 Å². The molecule has 0 aliphatic heterocycles. The molecule has 4 heteroatoms. The van der Waals surface area contributed by atoms with E-state index in [9.17, 15) is 0 Å². The van der Waals surface area contributed by atoms with Gasteiger partial charge in [0.25, 0.3) is 0 Å². The van der Waals surface area contributed by atoms with Gasteiger partial charge in [0, 0.05) is 41.2 Å². The zero-order valence-corrected chi connectivity index (χ0v) is 29.8. The van der Waals surface area contributed by atoms with E-state index in [0.29, 0.717) is 0 Å². The molecule has 4 aromatic heterocycles. The van der Waals surface area contributed by atoms with Gasteiger partial charge in [0.2, 0.25) is 0 Å². The van der Waals surface area contributed by atoms with Crippen LogP contribution < -0.4 is 0 Å². The Labute approximate surface area is 277 Å². The lowest BCUT2D eigenvalue weighted by atomic mass is 9.79. The number of benzene rings is 2. The molecule has 44 heavy (non-hydrogen) atoms. The van der Waals surface area contributed by atoms with Crippen molar-refractivity contribution in [2.75, 3.05) is 0 Å². The van der Waals surface area contributed by atoms with Crippen molar-refractivity contribution in [2.24, 2.45) is 0 Å². The van der Waals surface area contributed by atoms with E-state index in [4.69, 9.17) is 0 Å². The highest BCUT2D eigenvalue weighted by Gasteiger charge is 2.44. The third kappa shape index (κ3) is 3.23. The van der Waals surface area contributed by atoms with Gasteiger partial charge >= 0.3 is 0 Å². The van der Waals surface area contributed by atoms with Crippen LogP contribution >= 0.6 is 45.3 Å². The molecule has 0 saturated heterocycles. The van der Waals surface area contributed by atoms with Crippen LogP contribution in [0.15, 0.2) is 70.1 Å². The van der Waals surface area contributed by atoms with Crippen molar-refractivity contribution in [3.63, 3.8) is 0 Å². The molecule has 4 aliphatic rings. The monoisotopic (exact) mass is 644 g/mol. The molecule has 0 N–H and O–H groups in total. The van der Waals surface area contributed by atoms with Gasteiger partial charge in [-0.1, -0.05) is 55.4 Å². The smallest absolute Gasteiger partial charge is 0.0386 e. The highest BCUT2D eigenvalue weighted by molar-refractivity contribution is 7.15. The van der Waals surface area contributed by atoms with Crippen molar-refractivity contribution in [1.82, 2.24) is 0 Å². The largest absolute Gasteiger partial charge is 0.143 e. The summed E-state index contributed by atoms with van der Waals surface area (Å²) in [6, 6.07) is 19.2.